The van der Waals surface area contributed by atoms with Gasteiger partial charge in [-0.25, -0.2) is 4.79 Å². The van der Waals surface area contributed by atoms with E-state index in [1.807, 2.05) is 32.0 Å². The Morgan fingerprint density at radius 2 is 2.19 bits per heavy atom. The van der Waals surface area contributed by atoms with Crippen molar-refractivity contribution in [1.82, 2.24) is 0 Å². The summed E-state index contributed by atoms with van der Waals surface area (Å²) in [6.45, 7) is 5.07. The molecular formula is C13H19NO2. The molecule has 16 heavy (non-hydrogen) atoms. The molecule has 0 unspecified atom stereocenters. The number of hydrogen-bond acceptors (Lipinski definition) is 3. The smallest absolute Gasteiger partial charge is 0.338 e. The molecule has 0 radical (unpaired) electrons. The topological polar surface area (TPSA) is 52.3 Å². The number of ether oxygens (including phenoxy) is 1. The van der Waals surface area contributed by atoms with Gasteiger partial charge in [-0.2, -0.15) is 0 Å². The predicted octanol–water partition coefficient (Wildman–Crippen LogP) is 2.00. The molecule has 0 bridgehead atoms. The van der Waals surface area contributed by atoms with Crippen LogP contribution in [0.25, 0.3) is 0 Å². The third-order valence-electron chi connectivity index (χ3n) is 2.14. The zero-order chi connectivity index (χ0) is 12.0. The minimum Gasteiger partial charge on any atom is -0.462 e. The molecule has 0 amide bonds. The maximum Gasteiger partial charge on any atom is 0.338 e. The molecule has 1 aromatic carbocycles. The van der Waals surface area contributed by atoms with Gasteiger partial charge in [0.15, 0.2) is 0 Å². The van der Waals surface area contributed by atoms with Gasteiger partial charge in [-0.1, -0.05) is 26.0 Å². The summed E-state index contributed by atoms with van der Waals surface area (Å²) in [6.07, 6.45) is 0.783. The lowest BCUT2D eigenvalue weighted by molar-refractivity contribution is 0.0459. The van der Waals surface area contributed by atoms with Crippen molar-refractivity contribution < 1.29 is 9.53 Å². The zero-order valence-corrected chi connectivity index (χ0v) is 9.90. The lowest BCUT2D eigenvalue weighted by Gasteiger charge is -2.08. The average molecular weight is 221 g/mol. The summed E-state index contributed by atoms with van der Waals surface area (Å²) in [5, 5.41) is 0. The number of rotatable bonds is 5. The summed E-state index contributed by atoms with van der Waals surface area (Å²) in [6, 6.07) is 7.43. The first kappa shape index (κ1) is 12.7. The summed E-state index contributed by atoms with van der Waals surface area (Å²) < 4.78 is 5.15. The minimum absolute atomic E-state index is 0.257. The van der Waals surface area contributed by atoms with Crippen LogP contribution in [0.2, 0.25) is 0 Å². The van der Waals surface area contributed by atoms with Gasteiger partial charge in [0.1, 0.15) is 0 Å². The maximum atomic E-state index is 11.7. The summed E-state index contributed by atoms with van der Waals surface area (Å²) >= 11 is 0. The molecule has 1 rings (SSSR count). The standard InChI is InChI=1S/C13H19NO2/c1-10(2)9-16-13(15)12-5-3-4-11(8-12)6-7-14/h3-5,8,10H,6-7,9,14H2,1-2H3. The fraction of sp³-hybridized carbons (Fsp3) is 0.462. The number of carbonyl (C=O) groups excluding carboxylic acids is 1. The van der Waals surface area contributed by atoms with E-state index in [1.54, 1.807) is 6.07 Å². The van der Waals surface area contributed by atoms with Crippen molar-refractivity contribution >= 4 is 5.97 Å². The predicted molar refractivity (Wildman–Crippen MR) is 64.3 cm³/mol. The van der Waals surface area contributed by atoms with Gasteiger partial charge in [0.2, 0.25) is 0 Å². The molecule has 0 aromatic heterocycles. The van der Waals surface area contributed by atoms with E-state index in [0.717, 1.165) is 12.0 Å². The molecule has 0 heterocycles. The molecule has 0 aliphatic carbocycles. The Morgan fingerprint density at radius 1 is 1.44 bits per heavy atom. The van der Waals surface area contributed by atoms with Crippen molar-refractivity contribution in [3.05, 3.63) is 35.4 Å². The maximum absolute atomic E-state index is 11.7. The van der Waals surface area contributed by atoms with Gasteiger partial charge in [-0.3, -0.25) is 0 Å². The molecule has 0 aliphatic heterocycles. The Bertz CT molecular complexity index is 348. The van der Waals surface area contributed by atoms with E-state index in [1.165, 1.54) is 0 Å². The van der Waals surface area contributed by atoms with E-state index in [2.05, 4.69) is 0 Å². The molecule has 0 saturated carbocycles. The normalized spacial score (nSPS) is 10.5. The van der Waals surface area contributed by atoms with Crippen LogP contribution in [0.5, 0.6) is 0 Å². The Morgan fingerprint density at radius 3 is 2.81 bits per heavy atom. The quantitative estimate of drug-likeness (QED) is 0.774. The largest absolute Gasteiger partial charge is 0.462 e. The van der Waals surface area contributed by atoms with E-state index in [9.17, 15) is 4.79 Å². The van der Waals surface area contributed by atoms with Crippen LogP contribution in [0.4, 0.5) is 0 Å². The number of carbonyl (C=O) groups is 1. The number of benzene rings is 1. The van der Waals surface area contributed by atoms with Gasteiger partial charge in [0.25, 0.3) is 0 Å². The molecule has 0 spiro atoms. The molecule has 0 fully saturated rings. The van der Waals surface area contributed by atoms with Crippen molar-refractivity contribution in [2.45, 2.75) is 20.3 Å². The summed E-state index contributed by atoms with van der Waals surface area (Å²) in [4.78, 5) is 11.7. The summed E-state index contributed by atoms with van der Waals surface area (Å²) in [7, 11) is 0. The SMILES string of the molecule is CC(C)COC(=O)c1cccc(CCN)c1. The highest BCUT2D eigenvalue weighted by molar-refractivity contribution is 5.89. The second-order valence-electron chi connectivity index (χ2n) is 4.23. The second-order valence-corrected chi connectivity index (χ2v) is 4.23. The highest BCUT2D eigenvalue weighted by Gasteiger charge is 2.08. The van der Waals surface area contributed by atoms with Gasteiger partial charge >= 0.3 is 5.97 Å². The van der Waals surface area contributed by atoms with Crippen molar-refractivity contribution in [2.75, 3.05) is 13.2 Å². The van der Waals surface area contributed by atoms with Gasteiger partial charge in [-0.15, -0.1) is 0 Å². The fourth-order valence-corrected chi connectivity index (χ4v) is 1.35. The first-order valence-electron chi connectivity index (χ1n) is 5.59. The average Bonchev–Trinajstić information content (AvgIpc) is 2.26. The molecule has 0 atom stereocenters. The highest BCUT2D eigenvalue weighted by atomic mass is 16.5. The molecular weight excluding hydrogens is 202 g/mol. The van der Waals surface area contributed by atoms with E-state index in [0.29, 0.717) is 24.6 Å². The molecule has 0 aliphatic rings. The highest BCUT2D eigenvalue weighted by Crippen LogP contribution is 2.08. The Balaban J connectivity index is 2.64. The van der Waals surface area contributed by atoms with E-state index in [-0.39, 0.29) is 5.97 Å². The Hall–Kier alpha value is -1.35. The molecule has 0 saturated heterocycles. The Labute approximate surface area is 96.6 Å². The van der Waals surface area contributed by atoms with Gasteiger partial charge in [0, 0.05) is 0 Å². The zero-order valence-electron chi connectivity index (χ0n) is 9.90. The van der Waals surface area contributed by atoms with E-state index in [4.69, 9.17) is 10.5 Å². The van der Waals surface area contributed by atoms with Crippen LogP contribution in [-0.2, 0) is 11.2 Å². The first-order chi connectivity index (χ1) is 7.63. The van der Waals surface area contributed by atoms with Crippen LogP contribution < -0.4 is 5.73 Å². The van der Waals surface area contributed by atoms with Crippen LogP contribution in [0.15, 0.2) is 24.3 Å². The lowest BCUT2D eigenvalue weighted by Crippen LogP contribution is -2.11. The molecule has 1 aromatic rings. The van der Waals surface area contributed by atoms with Crippen LogP contribution >= 0.6 is 0 Å². The fourth-order valence-electron chi connectivity index (χ4n) is 1.35. The van der Waals surface area contributed by atoms with Crippen LogP contribution in [0.1, 0.15) is 29.8 Å². The van der Waals surface area contributed by atoms with E-state index >= 15 is 0 Å². The minimum atomic E-state index is -0.257. The van der Waals surface area contributed by atoms with E-state index < -0.39 is 0 Å². The number of hydrogen-bond donors (Lipinski definition) is 1. The van der Waals surface area contributed by atoms with Crippen LogP contribution in [0.3, 0.4) is 0 Å². The van der Waals surface area contributed by atoms with Crippen molar-refractivity contribution in [2.24, 2.45) is 11.7 Å². The van der Waals surface area contributed by atoms with Crippen molar-refractivity contribution in [1.29, 1.82) is 0 Å². The van der Waals surface area contributed by atoms with Crippen molar-refractivity contribution in [3.63, 3.8) is 0 Å². The third kappa shape index (κ3) is 4.03. The monoisotopic (exact) mass is 221 g/mol. The van der Waals surface area contributed by atoms with Crippen LogP contribution in [-0.4, -0.2) is 19.1 Å². The number of nitrogens with two attached hydrogens (primary N) is 1. The van der Waals surface area contributed by atoms with Gasteiger partial charge < -0.3 is 10.5 Å². The molecule has 2 N–H and O–H groups in total. The second kappa shape index (κ2) is 6.28. The lowest BCUT2D eigenvalue weighted by atomic mass is 10.1. The van der Waals surface area contributed by atoms with Crippen molar-refractivity contribution in [3.8, 4) is 0 Å². The number of esters is 1. The molecule has 3 heteroatoms. The first-order valence-corrected chi connectivity index (χ1v) is 5.59. The summed E-state index contributed by atoms with van der Waals surface area (Å²) in [5.74, 6) is 0.101. The Kier molecular flexibility index (Phi) is 4.99. The molecule has 88 valence electrons. The van der Waals surface area contributed by atoms with Gasteiger partial charge in [-0.05, 0) is 36.6 Å². The van der Waals surface area contributed by atoms with Crippen LogP contribution in [0, 0.1) is 5.92 Å². The molecule has 3 nitrogen and oxygen atoms in total. The summed E-state index contributed by atoms with van der Waals surface area (Å²) in [5.41, 5.74) is 7.14. The third-order valence-corrected chi connectivity index (χ3v) is 2.14. The van der Waals surface area contributed by atoms with Gasteiger partial charge in [0.05, 0.1) is 12.2 Å².